The molecule has 0 aromatic heterocycles. The van der Waals surface area contributed by atoms with Crippen LogP contribution in [0.4, 0.5) is 0 Å². The molecule has 19 heteroatoms. The fraction of sp³-hybridized carbons (Fsp3) is 0.948. The summed E-state index contributed by atoms with van der Waals surface area (Å²) in [7, 11) is -9.91. The summed E-state index contributed by atoms with van der Waals surface area (Å²) in [6.45, 7) is 14.1. The number of aliphatic hydroxyl groups excluding tert-OH is 1. The van der Waals surface area contributed by atoms with Gasteiger partial charge in [-0.1, -0.05) is 338 Å². The second-order valence-corrected chi connectivity index (χ2v) is 32.3. The molecule has 0 saturated heterocycles. The van der Waals surface area contributed by atoms with Crippen LogP contribution in [0.25, 0.3) is 0 Å². The number of rotatable bonds is 74. The van der Waals surface area contributed by atoms with Crippen molar-refractivity contribution in [1.82, 2.24) is 0 Å². The van der Waals surface area contributed by atoms with E-state index in [9.17, 15) is 43.2 Å². The van der Waals surface area contributed by atoms with E-state index in [0.29, 0.717) is 31.6 Å². The average molecular weight is 1410 g/mol. The van der Waals surface area contributed by atoms with Gasteiger partial charge in [0.25, 0.3) is 0 Å². The third-order valence-corrected chi connectivity index (χ3v) is 20.1. The Balaban J connectivity index is 5.18. The van der Waals surface area contributed by atoms with Gasteiger partial charge in [0.2, 0.25) is 0 Å². The van der Waals surface area contributed by atoms with Gasteiger partial charge in [-0.3, -0.25) is 37.3 Å². The first kappa shape index (κ1) is 94.1. The number of aliphatic hydroxyl groups is 1. The maximum absolute atomic E-state index is 13.1. The van der Waals surface area contributed by atoms with E-state index in [0.717, 1.165) is 120 Å². The predicted octanol–water partition coefficient (Wildman–Crippen LogP) is 22.4. The molecule has 0 aliphatic rings. The summed E-state index contributed by atoms with van der Waals surface area (Å²) in [6, 6.07) is 0. The maximum Gasteiger partial charge on any atom is 0.472 e. The molecule has 0 rings (SSSR count). The molecule has 570 valence electrons. The summed E-state index contributed by atoms with van der Waals surface area (Å²) in [5.41, 5.74) is 0. The molecule has 0 aromatic rings. The number of phosphoric ester groups is 2. The average Bonchev–Trinajstić information content (AvgIpc) is 1.10. The van der Waals surface area contributed by atoms with Gasteiger partial charge in [-0.15, -0.1) is 0 Å². The van der Waals surface area contributed by atoms with Gasteiger partial charge in [0.05, 0.1) is 26.4 Å². The van der Waals surface area contributed by atoms with E-state index in [2.05, 4.69) is 55.4 Å². The Morgan fingerprint density at radius 2 is 0.500 bits per heavy atom. The molecular weight excluding hydrogens is 1260 g/mol. The zero-order chi connectivity index (χ0) is 71.0. The Bertz CT molecular complexity index is 1890. The summed E-state index contributed by atoms with van der Waals surface area (Å²) in [6.07, 6.45) is 51.6. The molecule has 0 amide bonds. The lowest BCUT2D eigenvalue weighted by atomic mass is 10.00. The topological polar surface area (TPSA) is 237 Å². The number of esters is 4. The van der Waals surface area contributed by atoms with E-state index in [-0.39, 0.29) is 25.7 Å². The fourth-order valence-electron chi connectivity index (χ4n) is 11.7. The van der Waals surface area contributed by atoms with E-state index in [1.54, 1.807) is 0 Å². The van der Waals surface area contributed by atoms with Crippen LogP contribution in [0.2, 0.25) is 0 Å². The van der Waals surface area contributed by atoms with Crippen molar-refractivity contribution < 1.29 is 80.2 Å². The van der Waals surface area contributed by atoms with Crippen LogP contribution in [0.3, 0.4) is 0 Å². The highest BCUT2D eigenvalue weighted by Crippen LogP contribution is 2.45. The first-order valence-corrected chi connectivity index (χ1v) is 42.7. The number of hydrogen-bond donors (Lipinski definition) is 3. The number of ether oxygens (including phenoxy) is 4. The minimum absolute atomic E-state index is 0.106. The van der Waals surface area contributed by atoms with Crippen LogP contribution in [-0.2, 0) is 65.4 Å². The molecule has 4 unspecified atom stereocenters. The molecule has 0 spiro atoms. The molecule has 3 N–H and O–H groups in total. The monoisotopic (exact) mass is 1410 g/mol. The van der Waals surface area contributed by atoms with E-state index in [4.69, 9.17) is 37.0 Å². The van der Waals surface area contributed by atoms with Gasteiger partial charge in [0, 0.05) is 25.7 Å². The first-order valence-electron chi connectivity index (χ1n) is 39.7. The summed E-state index contributed by atoms with van der Waals surface area (Å²) in [5, 5.41) is 10.6. The Hall–Kier alpha value is -1.94. The van der Waals surface area contributed by atoms with Crippen LogP contribution in [0, 0.1) is 23.7 Å². The smallest absolute Gasteiger partial charge is 0.462 e. The SMILES string of the molecule is CCC(C)CCCCCCCCC(=O)OC[C@H](COP(=O)(O)OCC(O)COP(=O)(O)OC[C@@H](COC(=O)CCCCCCCCC(C)C)OC(=O)CCCCCCCCCCCCCCCCCC(C)C)OC(=O)CCCCCCCCCCCCCCCCCCC(C)C. The predicted molar refractivity (Wildman–Crippen MR) is 391 cm³/mol. The molecule has 0 bridgehead atoms. The molecule has 17 nitrogen and oxygen atoms in total. The van der Waals surface area contributed by atoms with E-state index >= 15 is 0 Å². The van der Waals surface area contributed by atoms with Crippen molar-refractivity contribution in [3.63, 3.8) is 0 Å². The zero-order valence-electron chi connectivity index (χ0n) is 63.0. The van der Waals surface area contributed by atoms with Gasteiger partial charge in [0.1, 0.15) is 19.3 Å². The highest BCUT2D eigenvalue weighted by atomic mass is 31.2. The fourth-order valence-corrected chi connectivity index (χ4v) is 13.3. The van der Waals surface area contributed by atoms with Crippen molar-refractivity contribution in [3.05, 3.63) is 0 Å². The third-order valence-electron chi connectivity index (χ3n) is 18.2. The van der Waals surface area contributed by atoms with Gasteiger partial charge >= 0.3 is 39.5 Å². The van der Waals surface area contributed by atoms with Crippen molar-refractivity contribution in [2.45, 2.75) is 408 Å². The van der Waals surface area contributed by atoms with Gasteiger partial charge < -0.3 is 33.8 Å². The van der Waals surface area contributed by atoms with Crippen molar-refractivity contribution in [2.75, 3.05) is 39.6 Å². The summed E-state index contributed by atoms with van der Waals surface area (Å²) < 4.78 is 68.5. The van der Waals surface area contributed by atoms with Crippen LogP contribution in [-0.4, -0.2) is 96.7 Å². The van der Waals surface area contributed by atoms with Gasteiger partial charge in [-0.25, -0.2) is 9.13 Å². The van der Waals surface area contributed by atoms with Crippen molar-refractivity contribution in [3.8, 4) is 0 Å². The molecule has 0 aliphatic carbocycles. The van der Waals surface area contributed by atoms with Crippen molar-refractivity contribution in [2.24, 2.45) is 23.7 Å². The lowest BCUT2D eigenvalue weighted by molar-refractivity contribution is -0.161. The number of carbonyl (C=O) groups is 4. The second kappa shape index (κ2) is 66.3. The largest absolute Gasteiger partial charge is 0.472 e. The van der Waals surface area contributed by atoms with E-state index < -0.39 is 97.5 Å². The lowest BCUT2D eigenvalue weighted by Gasteiger charge is -2.21. The lowest BCUT2D eigenvalue weighted by Crippen LogP contribution is -2.30. The van der Waals surface area contributed by atoms with Gasteiger partial charge in [-0.05, 0) is 49.4 Å². The number of hydrogen-bond acceptors (Lipinski definition) is 15. The summed E-state index contributed by atoms with van der Waals surface area (Å²) in [5.74, 6) is 0.899. The zero-order valence-corrected chi connectivity index (χ0v) is 64.8. The molecule has 96 heavy (non-hydrogen) atoms. The van der Waals surface area contributed by atoms with Crippen LogP contribution in [0.1, 0.15) is 389 Å². The molecule has 0 saturated carbocycles. The summed E-state index contributed by atoms with van der Waals surface area (Å²) in [4.78, 5) is 72.8. The summed E-state index contributed by atoms with van der Waals surface area (Å²) >= 11 is 0. The van der Waals surface area contributed by atoms with E-state index in [1.165, 1.54) is 180 Å². The highest BCUT2D eigenvalue weighted by Gasteiger charge is 2.30. The molecule has 0 radical (unpaired) electrons. The van der Waals surface area contributed by atoms with Crippen molar-refractivity contribution in [1.29, 1.82) is 0 Å². The maximum atomic E-state index is 13.1. The molecule has 0 fully saturated rings. The first-order chi connectivity index (χ1) is 46.1. The number of phosphoric acid groups is 2. The van der Waals surface area contributed by atoms with E-state index in [1.807, 2.05) is 0 Å². The molecule has 0 aromatic carbocycles. The standard InChI is InChI=1S/C77H150O17P2/c1-9-70(8)56-48-40-34-36-42-50-58-75(80)88-64-73(94-77(82)60-51-43-31-27-23-19-15-11-10-13-17-21-25-29-37-45-53-67(2)3)66-92-96(85,86)90-62-71(78)61-89-95(83,84)91-65-72(63-87-74(79)57-49-41-35-33-39-47-55-69(6)7)93-76(81)59-52-44-32-28-24-20-16-12-14-18-22-26-30-38-46-54-68(4)5/h67-73,78H,9-66H2,1-8H3,(H,83,84)(H,85,86)/t70?,71?,72-,73-/m1/s1. The quantitative estimate of drug-likeness (QED) is 0.0222. The minimum Gasteiger partial charge on any atom is -0.462 e. The van der Waals surface area contributed by atoms with Crippen LogP contribution in [0.5, 0.6) is 0 Å². The van der Waals surface area contributed by atoms with Gasteiger partial charge in [0.15, 0.2) is 12.2 Å². The Kier molecular flexibility index (Phi) is 65.0. The highest BCUT2D eigenvalue weighted by molar-refractivity contribution is 7.47. The van der Waals surface area contributed by atoms with Gasteiger partial charge in [-0.2, -0.15) is 0 Å². The molecule has 0 heterocycles. The molecule has 6 atom stereocenters. The Labute approximate surface area is 588 Å². The number of unbranched alkanes of at least 4 members (excludes halogenated alkanes) is 39. The Morgan fingerprint density at radius 1 is 0.292 bits per heavy atom. The molecular formula is C77H150O17P2. The van der Waals surface area contributed by atoms with Crippen LogP contribution < -0.4 is 0 Å². The second-order valence-electron chi connectivity index (χ2n) is 29.4. The van der Waals surface area contributed by atoms with Crippen LogP contribution >= 0.6 is 15.6 Å². The third kappa shape index (κ3) is 69.2. The van der Waals surface area contributed by atoms with Crippen molar-refractivity contribution >= 4 is 39.5 Å². The normalized spacial score (nSPS) is 14.4. The Morgan fingerprint density at radius 3 is 0.740 bits per heavy atom. The van der Waals surface area contributed by atoms with Crippen LogP contribution in [0.15, 0.2) is 0 Å². The molecule has 0 aliphatic heterocycles. The number of carbonyl (C=O) groups excluding carboxylic acids is 4. The minimum atomic E-state index is -4.96.